The molecule has 0 saturated carbocycles. The van der Waals surface area contributed by atoms with Crippen molar-refractivity contribution >= 4 is 45.6 Å². The van der Waals surface area contributed by atoms with Gasteiger partial charge in [0.1, 0.15) is 5.82 Å². The molecule has 0 fully saturated rings. The highest BCUT2D eigenvalue weighted by Gasteiger charge is 2.11. The molecule has 3 aromatic heterocycles. The van der Waals surface area contributed by atoms with Gasteiger partial charge < -0.3 is 14.6 Å². The summed E-state index contributed by atoms with van der Waals surface area (Å²) in [6.07, 6.45) is 6.84. The summed E-state index contributed by atoms with van der Waals surface area (Å²) >= 11 is 12.3. The van der Waals surface area contributed by atoms with Crippen LogP contribution in [0.2, 0.25) is 10.0 Å². The maximum absolute atomic E-state index is 6.15. The Hall–Kier alpha value is -1.82. The number of aromatic nitrogens is 3. The summed E-state index contributed by atoms with van der Waals surface area (Å²) in [4.78, 5) is 8.33. The molecule has 0 radical (unpaired) electrons. The Morgan fingerprint density at radius 3 is 2.73 bits per heavy atom. The molecule has 0 amide bonds. The van der Waals surface area contributed by atoms with E-state index < -0.39 is 0 Å². The van der Waals surface area contributed by atoms with E-state index in [-0.39, 0.29) is 0 Å². The van der Waals surface area contributed by atoms with Gasteiger partial charge in [-0.3, -0.25) is 4.98 Å². The molecule has 114 valence electrons. The largest absolute Gasteiger partial charge is 0.383 e. The van der Waals surface area contributed by atoms with Crippen LogP contribution in [0.25, 0.3) is 10.9 Å². The third-order valence-corrected chi connectivity index (χ3v) is 3.90. The van der Waals surface area contributed by atoms with Crippen molar-refractivity contribution in [1.82, 2.24) is 14.5 Å². The molecule has 3 rings (SSSR count). The van der Waals surface area contributed by atoms with Crippen molar-refractivity contribution in [2.75, 3.05) is 19.0 Å². The second kappa shape index (κ2) is 6.52. The Balaban J connectivity index is 1.99. The molecule has 0 aliphatic carbocycles. The van der Waals surface area contributed by atoms with E-state index in [0.717, 1.165) is 17.4 Å². The number of ether oxygens (including phenoxy) is 1. The van der Waals surface area contributed by atoms with Crippen LogP contribution in [0.3, 0.4) is 0 Å². The van der Waals surface area contributed by atoms with Crippen LogP contribution in [0.5, 0.6) is 0 Å². The summed E-state index contributed by atoms with van der Waals surface area (Å²) in [6.45, 7) is 1.43. The first-order chi connectivity index (χ1) is 10.7. The fourth-order valence-electron chi connectivity index (χ4n) is 2.26. The molecule has 5 nitrogen and oxygen atoms in total. The molecular formula is C15H14Cl2N4O. The number of hydrogen-bond acceptors (Lipinski definition) is 4. The van der Waals surface area contributed by atoms with Crippen molar-refractivity contribution in [2.24, 2.45) is 0 Å². The molecular weight excluding hydrogens is 323 g/mol. The quantitative estimate of drug-likeness (QED) is 0.761. The Morgan fingerprint density at radius 1 is 1.23 bits per heavy atom. The highest BCUT2D eigenvalue weighted by atomic mass is 35.5. The predicted octanol–water partition coefficient (Wildman–Crippen LogP) is 4.13. The van der Waals surface area contributed by atoms with Gasteiger partial charge in [-0.25, -0.2) is 4.98 Å². The lowest BCUT2D eigenvalue weighted by molar-refractivity contribution is 0.188. The third-order valence-electron chi connectivity index (χ3n) is 3.33. The summed E-state index contributed by atoms with van der Waals surface area (Å²) in [7, 11) is 1.69. The second-order valence-corrected chi connectivity index (χ2v) is 5.51. The Labute approximate surface area is 137 Å². The minimum absolute atomic E-state index is 0.449. The summed E-state index contributed by atoms with van der Waals surface area (Å²) in [5, 5.41) is 5.08. The Bertz CT molecular complexity index is 783. The van der Waals surface area contributed by atoms with E-state index in [1.807, 2.05) is 18.3 Å². The van der Waals surface area contributed by atoms with Crippen molar-refractivity contribution < 1.29 is 4.74 Å². The lowest BCUT2D eigenvalue weighted by atomic mass is 10.3. The average Bonchev–Trinajstić information content (AvgIpc) is 2.93. The summed E-state index contributed by atoms with van der Waals surface area (Å²) in [5.74, 6) is 0.698. The Kier molecular flexibility index (Phi) is 4.47. The van der Waals surface area contributed by atoms with E-state index in [1.165, 1.54) is 0 Å². The number of nitrogens with one attached hydrogen (secondary N) is 1. The van der Waals surface area contributed by atoms with Crippen LogP contribution in [0, 0.1) is 0 Å². The first kappa shape index (κ1) is 15.1. The van der Waals surface area contributed by atoms with Gasteiger partial charge in [0.05, 0.1) is 27.9 Å². The van der Waals surface area contributed by atoms with Gasteiger partial charge in [-0.15, -0.1) is 0 Å². The van der Waals surface area contributed by atoms with Crippen molar-refractivity contribution in [3.8, 4) is 0 Å². The monoisotopic (exact) mass is 336 g/mol. The maximum atomic E-state index is 6.15. The standard InChI is InChI=1S/C15H14Cl2N4O/c1-22-7-6-21-5-3-10-13(21)2-4-19-15(10)20-14-11(16)8-18-9-12(14)17/h2-5,8-9H,6-7H2,1H3,(H,18,19,20). The number of rotatable bonds is 5. The zero-order chi connectivity index (χ0) is 15.5. The van der Waals surface area contributed by atoms with Crippen molar-refractivity contribution in [3.05, 3.63) is 47.0 Å². The predicted molar refractivity (Wildman–Crippen MR) is 89.1 cm³/mol. The van der Waals surface area contributed by atoms with Gasteiger partial charge in [-0.1, -0.05) is 23.2 Å². The molecule has 0 atom stereocenters. The number of halogens is 2. The van der Waals surface area contributed by atoms with Gasteiger partial charge in [-0.2, -0.15) is 0 Å². The van der Waals surface area contributed by atoms with Crippen LogP contribution in [-0.4, -0.2) is 28.3 Å². The molecule has 0 aliphatic heterocycles. The molecule has 0 saturated heterocycles. The Morgan fingerprint density at radius 2 is 2.00 bits per heavy atom. The smallest absolute Gasteiger partial charge is 0.139 e. The van der Waals surface area contributed by atoms with Gasteiger partial charge in [-0.05, 0) is 12.1 Å². The zero-order valence-electron chi connectivity index (χ0n) is 11.9. The zero-order valence-corrected chi connectivity index (χ0v) is 13.4. The number of nitrogens with zero attached hydrogens (tertiary/aromatic N) is 3. The molecule has 7 heteroatoms. The van der Waals surface area contributed by atoms with E-state index in [9.17, 15) is 0 Å². The summed E-state index contributed by atoms with van der Waals surface area (Å²) < 4.78 is 7.24. The maximum Gasteiger partial charge on any atom is 0.139 e. The van der Waals surface area contributed by atoms with Gasteiger partial charge in [0.15, 0.2) is 0 Å². The van der Waals surface area contributed by atoms with E-state index >= 15 is 0 Å². The molecule has 0 unspecified atom stereocenters. The van der Waals surface area contributed by atoms with Crippen LogP contribution >= 0.6 is 23.2 Å². The fourth-order valence-corrected chi connectivity index (χ4v) is 2.72. The van der Waals surface area contributed by atoms with Crippen LogP contribution in [-0.2, 0) is 11.3 Å². The van der Waals surface area contributed by atoms with Crippen LogP contribution in [0.4, 0.5) is 11.5 Å². The number of anilines is 2. The fraction of sp³-hybridized carbons (Fsp3) is 0.200. The van der Waals surface area contributed by atoms with Gasteiger partial charge in [0, 0.05) is 43.8 Å². The average molecular weight is 337 g/mol. The van der Waals surface area contributed by atoms with E-state index in [1.54, 1.807) is 25.7 Å². The topological polar surface area (TPSA) is 52.0 Å². The lowest BCUT2D eigenvalue weighted by Crippen LogP contribution is -2.03. The number of fused-ring (bicyclic) bond motifs is 1. The van der Waals surface area contributed by atoms with Gasteiger partial charge >= 0.3 is 0 Å². The molecule has 22 heavy (non-hydrogen) atoms. The minimum atomic E-state index is 0.449. The van der Waals surface area contributed by atoms with Crippen LogP contribution < -0.4 is 5.32 Å². The van der Waals surface area contributed by atoms with E-state index in [2.05, 4.69) is 19.9 Å². The normalized spacial score (nSPS) is 11.0. The number of pyridine rings is 2. The molecule has 3 aromatic rings. The first-order valence-electron chi connectivity index (χ1n) is 6.69. The van der Waals surface area contributed by atoms with E-state index in [0.29, 0.717) is 28.2 Å². The van der Waals surface area contributed by atoms with Crippen molar-refractivity contribution in [3.63, 3.8) is 0 Å². The lowest BCUT2D eigenvalue weighted by Gasteiger charge is -2.10. The molecule has 0 aliphatic rings. The number of methoxy groups -OCH3 is 1. The van der Waals surface area contributed by atoms with Crippen LogP contribution in [0.15, 0.2) is 36.9 Å². The summed E-state index contributed by atoms with van der Waals surface area (Å²) in [6, 6.07) is 3.97. The molecule has 0 aromatic carbocycles. The second-order valence-electron chi connectivity index (χ2n) is 4.70. The SMILES string of the molecule is COCCn1ccc2c(Nc3c(Cl)cncc3Cl)nccc21. The van der Waals surface area contributed by atoms with Crippen molar-refractivity contribution in [2.45, 2.75) is 6.54 Å². The van der Waals surface area contributed by atoms with E-state index in [4.69, 9.17) is 27.9 Å². The minimum Gasteiger partial charge on any atom is -0.383 e. The van der Waals surface area contributed by atoms with Gasteiger partial charge in [0.2, 0.25) is 0 Å². The molecule has 1 N–H and O–H groups in total. The molecule has 3 heterocycles. The number of hydrogen-bond donors (Lipinski definition) is 1. The van der Waals surface area contributed by atoms with Crippen molar-refractivity contribution in [1.29, 1.82) is 0 Å². The van der Waals surface area contributed by atoms with Gasteiger partial charge in [0.25, 0.3) is 0 Å². The summed E-state index contributed by atoms with van der Waals surface area (Å²) in [5.41, 5.74) is 1.67. The third kappa shape index (κ3) is 2.88. The molecule has 0 spiro atoms. The highest BCUT2D eigenvalue weighted by Crippen LogP contribution is 2.33. The first-order valence-corrected chi connectivity index (χ1v) is 7.45. The highest BCUT2D eigenvalue weighted by molar-refractivity contribution is 6.39. The van der Waals surface area contributed by atoms with Crippen LogP contribution in [0.1, 0.15) is 0 Å². The molecule has 0 bridgehead atoms.